The fraction of sp³-hybridized carbons (Fsp3) is 0.238. The molecule has 1 aromatic heterocycles. The van der Waals surface area contributed by atoms with E-state index in [9.17, 15) is 13.2 Å². The number of hydrogen-bond donors (Lipinski definition) is 0. The van der Waals surface area contributed by atoms with Crippen molar-refractivity contribution >= 4 is 38.9 Å². The second kappa shape index (κ2) is 9.00. The van der Waals surface area contributed by atoms with E-state index in [1.54, 1.807) is 36.4 Å². The average molecular weight is 479 g/mol. The Morgan fingerprint density at radius 2 is 1.55 bits per heavy atom. The molecule has 4 rings (SSSR count). The Morgan fingerprint density at radius 3 is 2.19 bits per heavy atom. The number of rotatable bonds is 5. The molecule has 0 amide bonds. The summed E-state index contributed by atoms with van der Waals surface area (Å²) in [7, 11) is -3.43. The highest BCUT2D eigenvalue weighted by atomic mass is 35.5. The molecule has 10 heteroatoms. The minimum absolute atomic E-state index is 0.0344. The zero-order valence-corrected chi connectivity index (χ0v) is 18.8. The summed E-state index contributed by atoms with van der Waals surface area (Å²) in [6.45, 7) is 1.46. The van der Waals surface area contributed by atoms with Crippen LogP contribution < -0.4 is 10.5 Å². The van der Waals surface area contributed by atoms with E-state index >= 15 is 0 Å². The number of halogens is 2. The molecule has 1 aliphatic heterocycles. The summed E-state index contributed by atoms with van der Waals surface area (Å²) in [5.41, 5.74) is 1.36. The number of hydrogen-bond acceptors (Lipinski definition) is 5. The molecule has 0 spiro atoms. The van der Waals surface area contributed by atoms with E-state index in [4.69, 9.17) is 23.2 Å². The molecule has 7 nitrogen and oxygen atoms in total. The van der Waals surface area contributed by atoms with Gasteiger partial charge >= 0.3 is 0 Å². The van der Waals surface area contributed by atoms with Crippen molar-refractivity contribution in [2.24, 2.45) is 0 Å². The highest BCUT2D eigenvalue weighted by molar-refractivity contribution is 7.88. The Hall–Kier alpha value is -2.39. The predicted octanol–water partition coefficient (Wildman–Crippen LogP) is 3.19. The molecule has 0 atom stereocenters. The first-order valence-corrected chi connectivity index (χ1v) is 12.0. The van der Waals surface area contributed by atoms with Crippen LogP contribution in [0, 0.1) is 0 Å². The molecular formula is C21H20Cl2N4O3S. The second-order valence-corrected chi connectivity index (χ2v) is 9.95. The second-order valence-electron chi connectivity index (χ2n) is 7.17. The van der Waals surface area contributed by atoms with Gasteiger partial charge in [-0.2, -0.15) is 14.1 Å². The van der Waals surface area contributed by atoms with Gasteiger partial charge in [-0.15, -0.1) is 0 Å². The number of aromatic nitrogens is 2. The Bertz CT molecular complexity index is 1220. The Kier molecular flexibility index (Phi) is 6.34. The maximum atomic E-state index is 12.8. The number of sulfonamides is 1. The average Bonchev–Trinajstić information content (AvgIpc) is 2.77. The summed E-state index contributed by atoms with van der Waals surface area (Å²) >= 11 is 12.3. The third kappa shape index (κ3) is 4.77. The largest absolute Gasteiger partial charge is 0.366 e. The van der Waals surface area contributed by atoms with Crippen molar-refractivity contribution in [2.75, 3.05) is 31.1 Å². The van der Waals surface area contributed by atoms with E-state index in [0.717, 1.165) is 5.56 Å². The van der Waals surface area contributed by atoms with Crippen LogP contribution in [0.4, 0.5) is 5.69 Å². The lowest BCUT2D eigenvalue weighted by molar-refractivity contribution is 0.384. The molecule has 1 saturated heterocycles. The maximum Gasteiger partial charge on any atom is 0.292 e. The van der Waals surface area contributed by atoms with Crippen LogP contribution in [0.2, 0.25) is 10.0 Å². The normalized spacial score (nSPS) is 15.2. The SMILES string of the molecule is O=c1c(Cl)c(N2CCN(S(=O)(=O)Cc3ccccc3)CC2)cnn1-c1ccc(Cl)cc1. The zero-order valence-electron chi connectivity index (χ0n) is 16.5. The minimum atomic E-state index is -3.43. The first-order valence-electron chi connectivity index (χ1n) is 9.65. The molecule has 2 aromatic carbocycles. The quantitative estimate of drug-likeness (QED) is 0.562. The van der Waals surface area contributed by atoms with Crippen molar-refractivity contribution in [3.05, 3.63) is 86.8 Å². The Morgan fingerprint density at radius 1 is 0.903 bits per heavy atom. The van der Waals surface area contributed by atoms with E-state index in [1.807, 2.05) is 23.1 Å². The van der Waals surface area contributed by atoms with Gasteiger partial charge < -0.3 is 4.90 Å². The van der Waals surface area contributed by atoms with Crippen molar-refractivity contribution in [3.63, 3.8) is 0 Å². The number of nitrogens with zero attached hydrogens (tertiary/aromatic N) is 4. The van der Waals surface area contributed by atoms with Gasteiger partial charge in [-0.25, -0.2) is 8.42 Å². The molecule has 0 aliphatic carbocycles. The Balaban J connectivity index is 1.48. The van der Waals surface area contributed by atoms with Crippen LogP contribution in [0.5, 0.6) is 0 Å². The summed E-state index contributed by atoms with van der Waals surface area (Å²) in [6.07, 6.45) is 1.53. The van der Waals surface area contributed by atoms with E-state index < -0.39 is 15.6 Å². The van der Waals surface area contributed by atoms with Crippen LogP contribution in [0.1, 0.15) is 5.56 Å². The molecule has 0 saturated carbocycles. The predicted molar refractivity (Wildman–Crippen MR) is 123 cm³/mol. The highest BCUT2D eigenvalue weighted by Gasteiger charge is 2.28. The van der Waals surface area contributed by atoms with Crippen LogP contribution in [0.25, 0.3) is 5.69 Å². The monoisotopic (exact) mass is 478 g/mol. The summed E-state index contributed by atoms with van der Waals surface area (Å²) in [4.78, 5) is 14.6. The van der Waals surface area contributed by atoms with Gasteiger partial charge in [0.1, 0.15) is 5.02 Å². The zero-order chi connectivity index (χ0) is 22.0. The standard InChI is InChI=1S/C21H20Cl2N4O3S/c22-17-6-8-18(9-7-17)27-21(28)20(23)19(14-24-27)25-10-12-26(13-11-25)31(29,30)15-16-4-2-1-3-5-16/h1-9,14H,10-13,15H2. The molecule has 2 heterocycles. The van der Waals surface area contributed by atoms with Crippen LogP contribution in [0.3, 0.4) is 0 Å². The topological polar surface area (TPSA) is 75.5 Å². The van der Waals surface area contributed by atoms with Gasteiger partial charge in [0.15, 0.2) is 0 Å². The van der Waals surface area contributed by atoms with Crippen molar-refractivity contribution in [1.29, 1.82) is 0 Å². The minimum Gasteiger partial charge on any atom is -0.366 e. The molecule has 1 fully saturated rings. The van der Waals surface area contributed by atoms with Gasteiger partial charge in [-0.1, -0.05) is 53.5 Å². The highest BCUT2D eigenvalue weighted by Crippen LogP contribution is 2.24. The fourth-order valence-electron chi connectivity index (χ4n) is 3.49. The molecule has 3 aromatic rings. The summed E-state index contributed by atoms with van der Waals surface area (Å²) in [6, 6.07) is 15.8. The molecule has 31 heavy (non-hydrogen) atoms. The van der Waals surface area contributed by atoms with Crippen molar-refractivity contribution in [2.45, 2.75) is 5.75 Å². The van der Waals surface area contributed by atoms with E-state index in [-0.39, 0.29) is 10.8 Å². The lowest BCUT2D eigenvalue weighted by atomic mass is 10.2. The number of anilines is 1. The number of benzene rings is 2. The van der Waals surface area contributed by atoms with Gasteiger partial charge in [0.2, 0.25) is 10.0 Å². The lowest BCUT2D eigenvalue weighted by Gasteiger charge is -2.35. The molecule has 0 unspecified atom stereocenters. The summed E-state index contributed by atoms with van der Waals surface area (Å²) in [5.74, 6) is -0.0344. The Labute approximate surface area is 190 Å². The molecule has 162 valence electrons. The molecule has 0 radical (unpaired) electrons. The molecular weight excluding hydrogens is 459 g/mol. The third-order valence-electron chi connectivity index (χ3n) is 5.14. The van der Waals surface area contributed by atoms with Gasteiger partial charge in [-0.3, -0.25) is 4.79 Å². The van der Waals surface area contributed by atoms with E-state index in [1.165, 1.54) is 15.2 Å². The van der Waals surface area contributed by atoms with Crippen molar-refractivity contribution < 1.29 is 8.42 Å². The maximum absolute atomic E-state index is 12.8. The summed E-state index contributed by atoms with van der Waals surface area (Å²) in [5, 5.41) is 4.84. The third-order valence-corrected chi connectivity index (χ3v) is 7.59. The molecule has 1 aliphatic rings. The van der Waals surface area contributed by atoms with Crippen LogP contribution in [-0.4, -0.2) is 48.7 Å². The van der Waals surface area contributed by atoms with Gasteiger partial charge in [0.05, 0.1) is 23.3 Å². The first-order chi connectivity index (χ1) is 14.8. The van der Waals surface area contributed by atoms with Crippen molar-refractivity contribution in [1.82, 2.24) is 14.1 Å². The number of piperazine rings is 1. The molecule has 0 bridgehead atoms. The first kappa shape index (κ1) is 21.8. The molecule has 0 N–H and O–H groups in total. The van der Waals surface area contributed by atoms with E-state index in [2.05, 4.69) is 5.10 Å². The van der Waals surface area contributed by atoms with Crippen LogP contribution in [0.15, 0.2) is 65.6 Å². The lowest BCUT2D eigenvalue weighted by Crippen LogP contribution is -2.49. The fourth-order valence-corrected chi connectivity index (χ4v) is 5.38. The summed E-state index contributed by atoms with van der Waals surface area (Å²) < 4.78 is 28.2. The van der Waals surface area contributed by atoms with Gasteiger partial charge in [0.25, 0.3) is 5.56 Å². The van der Waals surface area contributed by atoms with Crippen LogP contribution >= 0.6 is 23.2 Å². The van der Waals surface area contributed by atoms with Gasteiger partial charge in [0, 0.05) is 31.2 Å². The van der Waals surface area contributed by atoms with E-state index in [0.29, 0.717) is 42.6 Å². The van der Waals surface area contributed by atoms with Gasteiger partial charge in [-0.05, 0) is 29.8 Å². The van der Waals surface area contributed by atoms with Crippen molar-refractivity contribution in [3.8, 4) is 5.69 Å². The van der Waals surface area contributed by atoms with Crippen LogP contribution in [-0.2, 0) is 15.8 Å². The smallest absolute Gasteiger partial charge is 0.292 e.